The van der Waals surface area contributed by atoms with Crippen molar-refractivity contribution in [2.45, 2.75) is 13.2 Å². The van der Waals surface area contributed by atoms with Crippen LogP contribution in [-0.4, -0.2) is 10.1 Å². The number of aromatic nitrogens is 1. The third kappa shape index (κ3) is 3.27. The fourth-order valence-electron chi connectivity index (χ4n) is 1.54. The summed E-state index contributed by atoms with van der Waals surface area (Å²) in [5, 5.41) is 17.8. The van der Waals surface area contributed by atoms with Crippen molar-refractivity contribution in [3.05, 3.63) is 59.2 Å². The molecule has 19 heavy (non-hydrogen) atoms. The number of hydrogen-bond donors (Lipinski definition) is 1. The molecule has 0 spiro atoms. The maximum absolute atomic E-state index is 13.1. The Hall–Kier alpha value is -2.45. The zero-order valence-electron chi connectivity index (χ0n) is 10.0. The van der Waals surface area contributed by atoms with Crippen molar-refractivity contribution in [1.82, 2.24) is 4.98 Å². The van der Waals surface area contributed by atoms with Crippen molar-refractivity contribution < 1.29 is 14.2 Å². The van der Waals surface area contributed by atoms with Crippen molar-refractivity contribution in [3.63, 3.8) is 0 Å². The molecule has 1 N–H and O–H groups in total. The molecule has 4 nitrogen and oxygen atoms in total. The van der Waals surface area contributed by atoms with Gasteiger partial charge in [-0.2, -0.15) is 5.26 Å². The molecular formula is C14H11FN2O2. The van der Waals surface area contributed by atoms with E-state index < -0.39 is 5.82 Å². The van der Waals surface area contributed by atoms with E-state index in [4.69, 9.17) is 15.1 Å². The lowest BCUT2D eigenvalue weighted by molar-refractivity contribution is 0.275. The highest BCUT2D eigenvalue weighted by atomic mass is 19.1. The van der Waals surface area contributed by atoms with E-state index in [0.29, 0.717) is 22.6 Å². The highest BCUT2D eigenvalue weighted by molar-refractivity contribution is 5.37. The number of aliphatic hydroxyl groups is 1. The summed E-state index contributed by atoms with van der Waals surface area (Å²) >= 11 is 0. The van der Waals surface area contributed by atoms with Gasteiger partial charge >= 0.3 is 0 Å². The zero-order valence-corrected chi connectivity index (χ0v) is 10.0. The minimum Gasteiger partial charge on any atom is -0.487 e. The SMILES string of the molecule is N#Cc1ccc(F)cc1COc1ccc(CO)nc1. The van der Waals surface area contributed by atoms with Gasteiger partial charge in [-0.15, -0.1) is 0 Å². The molecule has 0 amide bonds. The van der Waals surface area contributed by atoms with Crippen molar-refractivity contribution in [2.24, 2.45) is 0 Å². The average Bonchev–Trinajstić information content (AvgIpc) is 2.46. The van der Waals surface area contributed by atoms with Crippen molar-refractivity contribution in [3.8, 4) is 11.8 Å². The molecule has 0 bridgehead atoms. The third-order valence-electron chi connectivity index (χ3n) is 2.54. The van der Waals surface area contributed by atoms with Crippen LogP contribution in [0.3, 0.4) is 0 Å². The summed E-state index contributed by atoms with van der Waals surface area (Å²) in [5.74, 6) is 0.0803. The van der Waals surface area contributed by atoms with Crippen LogP contribution in [0.4, 0.5) is 4.39 Å². The van der Waals surface area contributed by atoms with E-state index >= 15 is 0 Å². The van der Waals surface area contributed by atoms with Gasteiger partial charge in [0.1, 0.15) is 18.2 Å². The fourth-order valence-corrected chi connectivity index (χ4v) is 1.54. The maximum atomic E-state index is 13.1. The molecule has 2 rings (SSSR count). The van der Waals surface area contributed by atoms with E-state index in [-0.39, 0.29) is 13.2 Å². The van der Waals surface area contributed by atoms with Crippen LogP contribution in [0.5, 0.6) is 5.75 Å². The topological polar surface area (TPSA) is 66.1 Å². The van der Waals surface area contributed by atoms with Gasteiger partial charge in [-0.3, -0.25) is 4.98 Å². The number of pyridine rings is 1. The quantitative estimate of drug-likeness (QED) is 0.912. The van der Waals surface area contributed by atoms with E-state index in [2.05, 4.69) is 4.98 Å². The van der Waals surface area contributed by atoms with Crippen LogP contribution in [-0.2, 0) is 13.2 Å². The molecule has 1 aromatic carbocycles. The Balaban J connectivity index is 2.09. The molecule has 1 aromatic heterocycles. The first kappa shape index (κ1) is 13.0. The number of nitrogens with zero attached hydrogens (tertiary/aromatic N) is 2. The molecule has 0 atom stereocenters. The van der Waals surface area contributed by atoms with Gasteiger partial charge in [0.05, 0.1) is 30.1 Å². The largest absolute Gasteiger partial charge is 0.487 e. The van der Waals surface area contributed by atoms with Crippen molar-refractivity contribution in [1.29, 1.82) is 5.26 Å². The number of halogens is 1. The molecular weight excluding hydrogens is 247 g/mol. The second-order valence-electron chi connectivity index (χ2n) is 3.85. The van der Waals surface area contributed by atoms with Crippen molar-refractivity contribution >= 4 is 0 Å². The van der Waals surface area contributed by atoms with Gasteiger partial charge in [0.2, 0.25) is 0 Å². The lowest BCUT2D eigenvalue weighted by Crippen LogP contribution is -2.00. The van der Waals surface area contributed by atoms with Crippen LogP contribution in [0.1, 0.15) is 16.8 Å². The first-order valence-corrected chi connectivity index (χ1v) is 5.60. The Kier molecular flexibility index (Phi) is 4.06. The molecule has 0 radical (unpaired) electrons. The predicted molar refractivity (Wildman–Crippen MR) is 65.6 cm³/mol. The molecule has 0 aliphatic heterocycles. The Bertz CT molecular complexity index is 606. The Morgan fingerprint density at radius 3 is 2.79 bits per heavy atom. The van der Waals surface area contributed by atoms with E-state index in [1.807, 2.05) is 6.07 Å². The summed E-state index contributed by atoms with van der Waals surface area (Å²) in [7, 11) is 0. The van der Waals surface area contributed by atoms with Gasteiger partial charge in [0, 0.05) is 5.56 Å². The van der Waals surface area contributed by atoms with E-state index in [0.717, 1.165) is 0 Å². The second kappa shape index (κ2) is 5.94. The molecule has 2 aromatic rings. The number of ether oxygens (including phenoxy) is 1. The highest BCUT2D eigenvalue weighted by Crippen LogP contribution is 2.15. The smallest absolute Gasteiger partial charge is 0.138 e. The Morgan fingerprint density at radius 2 is 2.16 bits per heavy atom. The number of benzene rings is 1. The first-order valence-electron chi connectivity index (χ1n) is 5.60. The Morgan fingerprint density at radius 1 is 1.32 bits per heavy atom. The van der Waals surface area contributed by atoms with Gasteiger partial charge in [-0.25, -0.2) is 4.39 Å². The van der Waals surface area contributed by atoms with Crippen molar-refractivity contribution in [2.75, 3.05) is 0 Å². The van der Waals surface area contributed by atoms with Gasteiger partial charge < -0.3 is 9.84 Å². The summed E-state index contributed by atoms with van der Waals surface area (Å²) < 4.78 is 18.5. The van der Waals surface area contributed by atoms with Crippen LogP contribution >= 0.6 is 0 Å². The molecule has 1 heterocycles. The first-order chi connectivity index (χ1) is 9.22. The van der Waals surface area contributed by atoms with E-state index in [1.54, 1.807) is 12.1 Å². The van der Waals surface area contributed by atoms with Crippen LogP contribution in [0.2, 0.25) is 0 Å². The standard InChI is InChI=1S/C14H11FN2O2/c15-12-2-1-10(6-16)11(5-12)9-19-14-4-3-13(8-18)17-7-14/h1-5,7,18H,8-9H2. The van der Waals surface area contributed by atoms with Crippen LogP contribution in [0, 0.1) is 17.1 Å². The molecule has 0 saturated carbocycles. The second-order valence-corrected chi connectivity index (χ2v) is 3.85. The molecule has 0 unspecified atom stereocenters. The molecule has 0 aliphatic rings. The lowest BCUT2D eigenvalue weighted by atomic mass is 10.1. The van der Waals surface area contributed by atoms with E-state index in [9.17, 15) is 4.39 Å². The van der Waals surface area contributed by atoms with Crippen LogP contribution < -0.4 is 4.74 Å². The number of aliphatic hydroxyl groups excluding tert-OH is 1. The molecule has 0 saturated heterocycles. The summed E-state index contributed by atoms with van der Waals surface area (Å²) in [6, 6.07) is 9.20. The summed E-state index contributed by atoms with van der Waals surface area (Å²) in [5.41, 5.74) is 1.39. The van der Waals surface area contributed by atoms with Gasteiger partial charge in [-0.1, -0.05) is 0 Å². The number of hydrogen-bond acceptors (Lipinski definition) is 4. The van der Waals surface area contributed by atoms with E-state index in [1.165, 1.54) is 24.4 Å². The maximum Gasteiger partial charge on any atom is 0.138 e. The summed E-state index contributed by atoms with van der Waals surface area (Å²) in [6.45, 7) is -0.0520. The monoisotopic (exact) mass is 258 g/mol. The van der Waals surface area contributed by atoms with Crippen LogP contribution in [0.15, 0.2) is 36.5 Å². The van der Waals surface area contributed by atoms with Gasteiger partial charge in [0.15, 0.2) is 0 Å². The van der Waals surface area contributed by atoms with Gasteiger partial charge in [-0.05, 0) is 30.3 Å². The van der Waals surface area contributed by atoms with Gasteiger partial charge in [0.25, 0.3) is 0 Å². The molecule has 0 fully saturated rings. The summed E-state index contributed by atoms with van der Waals surface area (Å²) in [6.07, 6.45) is 1.47. The molecule has 96 valence electrons. The predicted octanol–water partition coefficient (Wildman–Crippen LogP) is 2.16. The Labute approximate surface area is 109 Å². The van der Waals surface area contributed by atoms with Crippen LogP contribution in [0.25, 0.3) is 0 Å². The zero-order chi connectivity index (χ0) is 13.7. The highest BCUT2D eigenvalue weighted by Gasteiger charge is 2.05. The minimum absolute atomic E-state index is 0.0841. The minimum atomic E-state index is -0.411. The fraction of sp³-hybridized carbons (Fsp3) is 0.143. The third-order valence-corrected chi connectivity index (χ3v) is 2.54. The lowest BCUT2D eigenvalue weighted by Gasteiger charge is -2.07. The molecule has 0 aliphatic carbocycles. The number of rotatable bonds is 4. The number of nitriles is 1. The summed E-state index contributed by atoms with van der Waals surface area (Å²) in [4.78, 5) is 3.96. The molecule has 5 heteroatoms. The average molecular weight is 258 g/mol. The normalized spacial score (nSPS) is 9.95.